The van der Waals surface area contributed by atoms with Gasteiger partial charge < -0.3 is 9.32 Å². The van der Waals surface area contributed by atoms with Crippen LogP contribution in [0.1, 0.15) is 33.9 Å². The van der Waals surface area contributed by atoms with E-state index < -0.39 is 10.8 Å². The third-order valence-corrected chi connectivity index (χ3v) is 6.25. The molecule has 0 spiro atoms. The molecule has 0 unspecified atom stereocenters. The molecule has 0 saturated heterocycles. The standard InChI is InChI=1S/C19H20N2O3S2/c1-12(14-7-9-15(10-8-14)26(4)23)21(3)19(22)17-13(2)25-18(20-17)16-6-5-11-24-16/h5-12H,1-4H3/t12-,26-/m0/s1. The molecule has 7 heteroatoms. The van der Waals surface area contributed by atoms with E-state index in [4.69, 9.17) is 4.42 Å². The second-order valence-corrected chi connectivity index (χ2v) is 8.60. The maximum absolute atomic E-state index is 12.9. The highest BCUT2D eigenvalue weighted by Crippen LogP contribution is 2.30. The summed E-state index contributed by atoms with van der Waals surface area (Å²) in [6.07, 6.45) is 3.24. The van der Waals surface area contributed by atoms with Gasteiger partial charge in [0, 0.05) is 33.9 Å². The predicted molar refractivity (Wildman–Crippen MR) is 104 cm³/mol. The summed E-state index contributed by atoms with van der Waals surface area (Å²) >= 11 is 1.44. The fourth-order valence-corrected chi connectivity index (χ4v) is 4.00. The SMILES string of the molecule is Cc1sc(-c2ccco2)nc1C(=O)N(C)[C@@H](C)c1ccc([S@](C)=O)cc1. The monoisotopic (exact) mass is 388 g/mol. The Labute approximate surface area is 159 Å². The van der Waals surface area contributed by atoms with E-state index in [0.29, 0.717) is 16.5 Å². The summed E-state index contributed by atoms with van der Waals surface area (Å²) in [5, 5.41) is 0.701. The van der Waals surface area contributed by atoms with Crippen LogP contribution in [0.25, 0.3) is 10.8 Å². The molecule has 2 heterocycles. The van der Waals surface area contributed by atoms with Gasteiger partial charge in [0.2, 0.25) is 0 Å². The molecule has 0 fully saturated rings. The Morgan fingerprint density at radius 3 is 2.54 bits per heavy atom. The number of carbonyl (C=O) groups excluding carboxylic acids is 1. The van der Waals surface area contributed by atoms with Crippen LogP contribution in [0.15, 0.2) is 52.0 Å². The molecule has 0 aliphatic carbocycles. The highest BCUT2D eigenvalue weighted by atomic mass is 32.2. The molecular formula is C19H20N2O3S2. The molecule has 3 aromatic rings. The Balaban J connectivity index is 1.82. The number of nitrogens with zero attached hydrogens (tertiary/aromatic N) is 2. The van der Waals surface area contributed by atoms with E-state index in [1.807, 2.05) is 44.2 Å². The number of hydrogen-bond acceptors (Lipinski definition) is 5. The number of rotatable bonds is 5. The normalized spacial score (nSPS) is 13.4. The van der Waals surface area contributed by atoms with E-state index in [-0.39, 0.29) is 11.9 Å². The lowest BCUT2D eigenvalue weighted by molar-refractivity contribution is 0.0737. The lowest BCUT2D eigenvalue weighted by Crippen LogP contribution is -2.30. The average Bonchev–Trinajstić information content (AvgIpc) is 3.29. The predicted octanol–water partition coefficient (Wildman–Crippen LogP) is 4.28. The van der Waals surface area contributed by atoms with Crippen LogP contribution in [-0.2, 0) is 10.8 Å². The van der Waals surface area contributed by atoms with Crippen molar-refractivity contribution in [3.63, 3.8) is 0 Å². The first kappa shape index (κ1) is 18.5. The highest BCUT2D eigenvalue weighted by Gasteiger charge is 2.24. The number of thiazole rings is 1. The molecule has 0 saturated carbocycles. The summed E-state index contributed by atoms with van der Waals surface area (Å²) < 4.78 is 16.9. The molecule has 0 radical (unpaired) electrons. The van der Waals surface area contributed by atoms with Gasteiger partial charge in [-0.05, 0) is 43.7 Å². The zero-order valence-corrected chi connectivity index (χ0v) is 16.7. The lowest BCUT2D eigenvalue weighted by Gasteiger charge is -2.25. The molecule has 0 aliphatic rings. The molecule has 0 N–H and O–H groups in total. The molecule has 2 aromatic heterocycles. The molecule has 26 heavy (non-hydrogen) atoms. The average molecular weight is 389 g/mol. The molecule has 0 aliphatic heterocycles. The Morgan fingerprint density at radius 2 is 1.96 bits per heavy atom. The van der Waals surface area contributed by atoms with Gasteiger partial charge in [0.25, 0.3) is 5.91 Å². The number of aryl methyl sites for hydroxylation is 1. The van der Waals surface area contributed by atoms with Crippen molar-refractivity contribution in [1.29, 1.82) is 0 Å². The topological polar surface area (TPSA) is 63.4 Å². The molecule has 0 bridgehead atoms. The van der Waals surface area contributed by atoms with Crippen LogP contribution >= 0.6 is 11.3 Å². The van der Waals surface area contributed by atoms with Gasteiger partial charge in [-0.1, -0.05) is 12.1 Å². The van der Waals surface area contributed by atoms with Crippen LogP contribution < -0.4 is 0 Å². The Bertz CT molecular complexity index is 930. The number of amides is 1. The van der Waals surface area contributed by atoms with Crippen LogP contribution in [-0.4, -0.2) is 33.3 Å². The molecule has 1 aromatic carbocycles. The van der Waals surface area contributed by atoms with E-state index in [9.17, 15) is 9.00 Å². The minimum atomic E-state index is -1.01. The molecular weight excluding hydrogens is 368 g/mol. The minimum Gasteiger partial charge on any atom is -0.462 e. The number of benzene rings is 1. The number of hydrogen-bond donors (Lipinski definition) is 0. The second-order valence-electron chi connectivity index (χ2n) is 6.02. The molecule has 5 nitrogen and oxygen atoms in total. The van der Waals surface area contributed by atoms with Crippen molar-refractivity contribution in [2.45, 2.75) is 24.8 Å². The van der Waals surface area contributed by atoms with Gasteiger partial charge in [-0.15, -0.1) is 11.3 Å². The van der Waals surface area contributed by atoms with Crippen molar-refractivity contribution in [2.24, 2.45) is 0 Å². The first-order chi connectivity index (χ1) is 12.4. The second kappa shape index (κ2) is 7.55. The van der Waals surface area contributed by atoms with Crippen molar-refractivity contribution < 1.29 is 13.4 Å². The Morgan fingerprint density at radius 1 is 1.27 bits per heavy atom. The van der Waals surface area contributed by atoms with Gasteiger partial charge in [-0.2, -0.15) is 0 Å². The van der Waals surface area contributed by atoms with Gasteiger partial charge in [-0.25, -0.2) is 4.98 Å². The minimum absolute atomic E-state index is 0.130. The first-order valence-corrected chi connectivity index (χ1v) is 10.5. The van der Waals surface area contributed by atoms with Crippen LogP contribution in [0.3, 0.4) is 0 Å². The van der Waals surface area contributed by atoms with E-state index in [1.165, 1.54) is 11.3 Å². The van der Waals surface area contributed by atoms with Crippen molar-refractivity contribution in [1.82, 2.24) is 9.88 Å². The summed E-state index contributed by atoms with van der Waals surface area (Å²) in [4.78, 5) is 20.7. The summed E-state index contributed by atoms with van der Waals surface area (Å²) in [6.45, 7) is 3.85. The third-order valence-electron chi connectivity index (χ3n) is 4.33. The number of carbonyl (C=O) groups is 1. The number of aromatic nitrogens is 1. The highest BCUT2D eigenvalue weighted by molar-refractivity contribution is 7.84. The van der Waals surface area contributed by atoms with E-state index in [2.05, 4.69) is 4.98 Å². The molecule has 136 valence electrons. The van der Waals surface area contributed by atoms with Crippen molar-refractivity contribution in [3.05, 3.63) is 58.8 Å². The van der Waals surface area contributed by atoms with Crippen LogP contribution in [0.2, 0.25) is 0 Å². The lowest BCUT2D eigenvalue weighted by atomic mass is 10.1. The Kier molecular flexibility index (Phi) is 5.38. The largest absolute Gasteiger partial charge is 0.462 e. The fourth-order valence-electron chi connectivity index (χ4n) is 2.61. The van der Waals surface area contributed by atoms with E-state index in [1.54, 1.807) is 30.5 Å². The number of furan rings is 1. The third kappa shape index (κ3) is 3.64. The fraction of sp³-hybridized carbons (Fsp3) is 0.263. The van der Waals surface area contributed by atoms with Gasteiger partial charge >= 0.3 is 0 Å². The summed E-state index contributed by atoms with van der Waals surface area (Å²) in [5.74, 6) is 0.531. The van der Waals surface area contributed by atoms with Gasteiger partial charge in [0.05, 0.1) is 12.3 Å². The quantitative estimate of drug-likeness (QED) is 0.654. The van der Waals surface area contributed by atoms with Crippen LogP contribution in [0.4, 0.5) is 0 Å². The first-order valence-electron chi connectivity index (χ1n) is 8.10. The van der Waals surface area contributed by atoms with Crippen LogP contribution in [0, 0.1) is 6.92 Å². The summed E-state index contributed by atoms with van der Waals surface area (Å²) in [5.41, 5.74) is 1.43. The summed E-state index contributed by atoms with van der Waals surface area (Å²) in [6, 6.07) is 11.0. The molecule has 2 atom stereocenters. The van der Waals surface area contributed by atoms with E-state index >= 15 is 0 Å². The zero-order chi connectivity index (χ0) is 18.8. The molecule has 1 amide bonds. The smallest absolute Gasteiger partial charge is 0.273 e. The van der Waals surface area contributed by atoms with Gasteiger partial charge in [0.15, 0.2) is 10.8 Å². The van der Waals surface area contributed by atoms with E-state index in [0.717, 1.165) is 15.3 Å². The van der Waals surface area contributed by atoms with Crippen molar-refractivity contribution in [3.8, 4) is 10.8 Å². The van der Waals surface area contributed by atoms with Gasteiger partial charge in [0.1, 0.15) is 5.69 Å². The summed E-state index contributed by atoms with van der Waals surface area (Å²) in [7, 11) is 0.755. The van der Waals surface area contributed by atoms with Crippen molar-refractivity contribution >= 4 is 28.0 Å². The van der Waals surface area contributed by atoms with Gasteiger partial charge in [-0.3, -0.25) is 9.00 Å². The zero-order valence-electron chi connectivity index (χ0n) is 15.1. The maximum atomic E-state index is 12.9. The maximum Gasteiger partial charge on any atom is 0.273 e. The molecule has 3 rings (SSSR count). The Hall–Kier alpha value is -2.25. The van der Waals surface area contributed by atoms with Crippen molar-refractivity contribution in [2.75, 3.05) is 13.3 Å². The van der Waals surface area contributed by atoms with Crippen LogP contribution in [0.5, 0.6) is 0 Å².